The molecule has 0 aliphatic rings. The number of aliphatic hydroxyl groups excluding tert-OH is 1. The fraction of sp³-hybridized carbons (Fsp3) is 0.857. The van der Waals surface area contributed by atoms with E-state index in [1.54, 1.807) is 0 Å². The summed E-state index contributed by atoms with van der Waals surface area (Å²) >= 11 is 4.44. The van der Waals surface area contributed by atoms with Crippen molar-refractivity contribution in [1.29, 1.82) is 0 Å². The molecule has 0 fully saturated rings. The Kier molecular flexibility index (Phi) is 5.78. The van der Waals surface area contributed by atoms with Crippen LogP contribution in [0, 0.1) is 0 Å². The van der Waals surface area contributed by atoms with Gasteiger partial charge in [-0.05, 0) is 6.92 Å². The molecule has 0 aromatic rings. The number of rotatable bonds is 6. The maximum absolute atomic E-state index is 12.2. The first-order valence-electron chi connectivity index (χ1n) is 4.48. The van der Waals surface area contributed by atoms with E-state index < -0.39 is 46.1 Å². The van der Waals surface area contributed by atoms with Crippen LogP contribution >= 0.6 is 12.2 Å². The summed E-state index contributed by atoms with van der Waals surface area (Å²) in [5.74, 6) is 0. The Morgan fingerprint density at radius 3 is 2.29 bits per heavy atom. The van der Waals surface area contributed by atoms with Crippen LogP contribution in [0.4, 0.5) is 13.2 Å². The number of sulfonamides is 1. The predicted octanol–water partition coefficient (Wildman–Crippen LogP) is -0.153. The lowest BCUT2D eigenvalue weighted by Gasteiger charge is -2.25. The van der Waals surface area contributed by atoms with E-state index in [9.17, 15) is 21.6 Å². The van der Waals surface area contributed by atoms with Crippen molar-refractivity contribution >= 4 is 27.2 Å². The molecule has 102 valence electrons. The Bertz CT molecular complexity index is 369. The monoisotopic (exact) mass is 294 g/mol. The molecule has 3 N–H and O–H groups in total. The summed E-state index contributed by atoms with van der Waals surface area (Å²) in [5, 5.41) is 7.17. The van der Waals surface area contributed by atoms with Crippen molar-refractivity contribution in [3.05, 3.63) is 0 Å². The van der Waals surface area contributed by atoms with Crippen molar-refractivity contribution in [2.45, 2.75) is 18.3 Å². The van der Waals surface area contributed by atoms with E-state index in [1.165, 1.54) is 0 Å². The number of hydrogen-bond donors (Lipinski definition) is 2. The highest BCUT2D eigenvalue weighted by atomic mass is 32.2. The maximum Gasteiger partial charge on any atom is 0.402 e. The van der Waals surface area contributed by atoms with Gasteiger partial charge in [-0.25, -0.2) is 8.42 Å². The van der Waals surface area contributed by atoms with Gasteiger partial charge in [-0.15, -0.1) is 0 Å². The Morgan fingerprint density at radius 1 is 1.53 bits per heavy atom. The lowest BCUT2D eigenvalue weighted by molar-refractivity contribution is -0.136. The van der Waals surface area contributed by atoms with Crippen LogP contribution in [-0.2, 0) is 10.0 Å². The molecule has 0 heterocycles. The normalized spacial score (nSPS) is 14.9. The molecule has 0 aliphatic carbocycles. The van der Waals surface area contributed by atoms with E-state index in [-0.39, 0.29) is 4.31 Å². The second kappa shape index (κ2) is 5.94. The van der Waals surface area contributed by atoms with E-state index in [4.69, 9.17) is 10.8 Å². The smallest absolute Gasteiger partial charge is 0.395 e. The van der Waals surface area contributed by atoms with Crippen LogP contribution in [0.25, 0.3) is 0 Å². The minimum absolute atomic E-state index is 0.122. The SMILES string of the molecule is CC(C(N)=S)S(=O)(=O)N(CCO)CC(F)(F)F. The van der Waals surface area contributed by atoms with E-state index in [0.29, 0.717) is 0 Å². The van der Waals surface area contributed by atoms with Gasteiger partial charge in [0.15, 0.2) is 0 Å². The third-order valence-electron chi connectivity index (χ3n) is 1.91. The third kappa shape index (κ3) is 5.15. The second-order valence-corrected chi connectivity index (χ2v) is 5.99. The van der Waals surface area contributed by atoms with Gasteiger partial charge in [-0.3, -0.25) is 0 Å². The van der Waals surface area contributed by atoms with Gasteiger partial charge < -0.3 is 10.8 Å². The van der Waals surface area contributed by atoms with E-state index >= 15 is 0 Å². The molecule has 0 aromatic carbocycles. The molecule has 0 bridgehead atoms. The number of nitrogens with two attached hydrogens (primary N) is 1. The molecule has 0 saturated carbocycles. The number of halogens is 3. The third-order valence-corrected chi connectivity index (χ3v) is 4.59. The number of hydrogen-bond acceptors (Lipinski definition) is 4. The summed E-state index contributed by atoms with van der Waals surface area (Å²) in [6, 6.07) is 0. The molecule has 0 radical (unpaired) electrons. The first-order chi connectivity index (χ1) is 7.52. The van der Waals surface area contributed by atoms with Gasteiger partial charge in [-0.2, -0.15) is 17.5 Å². The summed E-state index contributed by atoms with van der Waals surface area (Å²) in [7, 11) is -4.31. The minimum atomic E-state index is -4.70. The standard InChI is InChI=1S/C7H13F3N2O3S2/c1-5(6(11)16)17(14,15)12(2-3-13)4-7(8,9)10/h5,13H,2-4H2,1H3,(H2,11,16). The molecule has 0 rings (SSSR count). The first kappa shape index (κ1) is 16.6. The highest BCUT2D eigenvalue weighted by Gasteiger charge is 2.39. The number of nitrogens with zero attached hydrogens (tertiary/aromatic N) is 1. The van der Waals surface area contributed by atoms with Gasteiger partial charge in [0.05, 0.1) is 11.6 Å². The van der Waals surface area contributed by atoms with Crippen molar-refractivity contribution in [1.82, 2.24) is 4.31 Å². The summed E-state index contributed by atoms with van der Waals surface area (Å²) < 4.78 is 60.0. The molecular formula is C7H13F3N2O3S2. The lowest BCUT2D eigenvalue weighted by atomic mass is 10.5. The number of alkyl halides is 3. The maximum atomic E-state index is 12.2. The predicted molar refractivity (Wildman–Crippen MR) is 59.9 cm³/mol. The van der Waals surface area contributed by atoms with Gasteiger partial charge >= 0.3 is 6.18 Å². The fourth-order valence-corrected chi connectivity index (χ4v) is 2.75. The van der Waals surface area contributed by atoms with Crippen molar-refractivity contribution < 1.29 is 26.7 Å². The molecule has 0 aliphatic heterocycles. The number of thiocarbonyl (C=S) groups is 1. The van der Waals surface area contributed by atoms with Crippen molar-refractivity contribution in [2.24, 2.45) is 5.73 Å². The lowest BCUT2D eigenvalue weighted by Crippen LogP contribution is -2.47. The molecule has 0 amide bonds. The Morgan fingerprint density at radius 2 is 2.00 bits per heavy atom. The molecule has 5 nitrogen and oxygen atoms in total. The summed E-state index contributed by atoms with van der Waals surface area (Å²) in [6.45, 7) is -1.96. The quantitative estimate of drug-likeness (QED) is 0.666. The van der Waals surface area contributed by atoms with Crippen LogP contribution in [0.5, 0.6) is 0 Å². The van der Waals surface area contributed by atoms with Crippen molar-refractivity contribution in [3.8, 4) is 0 Å². The average Bonchev–Trinajstić information content (AvgIpc) is 2.13. The number of aliphatic hydroxyl groups is 1. The molecular weight excluding hydrogens is 281 g/mol. The first-order valence-corrected chi connectivity index (χ1v) is 6.39. The van der Waals surface area contributed by atoms with Crippen LogP contribution in [0.1, 0.15) is 6.92 Å². The fourth-order valence-electron chi connectivity index (χ4n) is 0.978. The van der Waals surface area contributed by atoms with E-state index in [0.717, 1.165) is 6.92 Å². The Balaban J connectivity index is 5.12. The Labute approximate surface area is 102 Å². The molecule has 0 aromatic heterocycles. The molecule has 0 saturated heterocycles. The van der Waals surface area contributed by atoms with Crippen LogP contribution < -0.4 is 5.73 Å². The van der Waals surface area contributed by atoms with Crippen LogP contribution in [0.15, 0.2) is 0 Å². The van der Waals surface area contributed by atoms with Gasteiger partial charge in [0.25, 0.3) is 0 Å². The molecule has 1 atom stereocenters. The average molecular weight is 294 g/mol. The zero-order valence-corrected chi connectivity index (χ0v) is 10.6. The zero-order chi connectivity index (χ0) is 13.9. The van der Waals surface area contributed by atoms with Gasteiger partial charge in [0.2, 0.25) is 10.0 Å². The van der Waals surface area contributed by atoms with Crippen LogP contribution in [0.2, 0.25) is 0 Å². The largest absolute Gasteiger partial charge is 0.402 e. The van der Waals surface area contributed by atoms with Crippen LogP contribution in [-0.4, -0.2) is 53.9 Å². The van der Waals surface area contributed by atoms with E-state index in [1.807, 2.05) is 0 Å². The van der Waals surface area contributed by atoms with E-state index in [2.05, 4.69) is 12.2 Å². The molecule has 0 spiro atoms. The van der Waals surface area contributed by atoms with Gasteiger partial charge in [0, 0.05) is 6.54 Å². The molecule has 1 unspecified atom stereocenters. The highest BCUT2D eigenvalue weighted by Crippen LogP contribution is 2.20. The Hall–Kier alpha value is -0.450. The van der Waals surface area contributed by atoms with Crippen LogP contribution in [0.3, 0.4) is 0 Å². The summed E-state index contributed by atoms with van der Waals surface area (Å²) in [5.41, 5.74) is 5.10. The second-order valence-electron chi connectivity index (χ2n) is 3.26. The summed E-state index contributed by atoms with van der Waals surface area (Å²) in [4.78, 5) is -0.421. The highest BCUT2D eigenvalue weighted by molar-refractivity contribution is 7.92. The minimum Gasteiger partial charge on any atom is -0.395 e. The van der Waals surface area contributed by atoms with Gasteiger partial charge in [0.1, 0.15) is 11.8 Å². The van der Waals surface area contributed by atoms with Crippen molar-refractivity contribution in [3.63, 3.8) is 0 Å². The molecule has 17 heavy (non-hydrogen) atoms. The molecule has 10 heteroatoms. The topological polar surface area (TPSA) is 83.6 Å². The summed E-state index contributed by atoms with van der Waals surface area (Å²) in [6.07, 6.45) is -4.70. The van der Waals surface area contributed by atoms with Crippen molar-refractivity contribution in [2.75, 3.05) is 19.7 Å². The van der Waals surface area contributed by atoms with Gasteiger partial charge in [-0.1, -0.05) is 12.2 Å². The zero-order valence-electron chi connectivity index (χ0n) is 8.94.